The molecule has 3 N–H and O–H groups in total. The zero-order valence-corrected chi connectivity index (χ0v) is 15.9. The van der Waals surface area contributed by atoms with Gasteiger partial charge in [-0.3, -0.25) is 4.79 Å². The van der Waals surface area contributed by atoms with E-state index in [0.717, 1.165) is 22.9 Å². The number of amides is 1. The summed E-state index contributed by atoms with van der Waals surface area (Å²) >= 11 is 1.11. The van der Waals surface area contributed by atoms with Gasteiger partial charge in [0.05, 0.1) is 10.6 Å². The second kappa shape index (κ2) is 7.91. The smallest absolute Gasteiger partial charge is 0.277 e. The van der Waals surface area contributed by atoms with Crippen LogP contribution in [0.1, 0.15) is 5.56 Å². The predicted molar refractivity (Wildman–Crippen MR) is 102 cm³/mol. The molecule has 0 bridgehead atoms. The molecule has 0 atom stereocenters. The van der Waals surface area contributed by atoms with E-state index >= 15 is 0 Å². The van der Waals surface area contributed by atoms with Gasteiger partial charge in [0.2, 0.25) is 21.8 Å². The molecular weight excluding hydrogens is 388 g/mol. The van der Waals surface area contributed by atoms with Crippen LogP contribution in [0.5, 0.6) is 0 Å². The Morgan fingerprint density at radius 3 is 2.59 bits per heavy atom. The highest BCUT2D eigenvalue weighted by atomic mass is 32.2. The summed E-state index contributed by atoms with van der Waals surface area (Å²) < 4.78 is 28.0. The van der Waals surface area contributed by atoms with Gasteiger partial charge in [0.25, 0.3) is 5.22 Å². The minimum absolute atomic E-state index is 0.0237. The molecule has 1 aromatic heterocycles. The third-order valence-electron chi connectivity index (χ3n) is 3.46. The summed E-state index contributed by atoms with van der Waals surface area (Å²) in [7, 11) is -3.76. The van der Waals surface area contributed by atoms with E-state index in [-0.39, 0.29) is 21.8 Å². The molecule has 10 heteroatoms. The molecule has 1 heterocycles. The van der Waals surface area contributed by atoms with Gasteiger partial charge in [-0.1, -0.05) is 29.5 Å². The van der Waals surface area contributed by atoms with Crippen molar-refractivity contribution in [2.24, 2.45) is 5.14 Å². The fraction of sp³-hybridized carbons (Fsp3) is 0.118. The molecule has 2 aromatic carbocycles. The van der Waals surface area contributed by atoms with Gasteiger partial charge < -0.3 is 9.73 Å². The summed E-state index contributed by atoms with van der Waals surface area (Å²) in [5.74, 6) is 0.158. The maximum atomic E-state index is 12.0. The molecule has 0 aliphatic carbocycles. The Balaban J connectivity index is 1.57. The number of hydrogen-bond donors (Lipinski definition) is 2. The van der Waals surface area contributed by atoms with Crippen LogP contribution in [0.15, 0.2) is 63.1 Å². The number of nitrogens with one attached hydrogen (secondary N) is 1. The van der Waals surface area contributed by atoms with Gasteiger partial charge in [0.1, 0.15) is 0 Å². The Kier molecular flexibility index (Phi) is 5.59. The SMILES string of the molecule is Cc1cccc(-c2nnc(SCC(=O)Nc3ccc(S(N)(=O)=O)cc3)o2)c1. The molecule has 140 valence electrons. The highest BCUT2D eigenvalue weighted by molar-refractivity contribution is 7.99. The molecule has 1 amide bonds. The maximum absolute atomic E-state index is 12.0. The van der Waals surface area contributed by atoms with Crippen LogP contribution < -0.4 is 10.5 Å². The normalized spacial score (nSPS) is 11.3. The Labute approximate surface area is 160 Å². The monoisotopic (exact) mass is 404 g/mol. The van der Waals surface area contributed by atoms with E-state index in [4.69, 9.17) is 9.56 Å². The number of rotatable bonds is 6. The van der Waals surface area contributed by atoms with E-state index in [1.165, 1.54) is 24.3 Å². The van der Waals surface area contributed by atoms with Crippen LogP contribution in [-0.2, 0) is 14.8 Å². The molecule has 0 saturated heterocycles. The fourth-order valence-corrected chi connectivity index (χ4v) is 3.29. The lowest BCUT2D eigenvalue weighted by Gasteiger charge is -2.05. The number of carbonyl (C=O) groups is 1. The molecular formula is C17H16N4O4S2. The first-order valence-electron chi connectivity index (χ1n) is 7.77. The average molecular weight is 404 g/mol. The van der Waals surface area contributed by atoms with Gasteiger partial charge in [0.15, 0.2) is 0 Å². The van der Waals surface area contributed by atoms with Crippen LogP contribution in [0, 0.1) is 6.92 Å². The number of aryl methyl sites for hydroxylation is 1. The summed E-state index contributed by atoms with van der Waals surface area (Å²) in [6.45, 7) is 1.97. The van der Waals surface area contributed by atoms with E-state index in [9.17, 15) is 13.2 Å². The summed E-state index contributed by atoms with van der Waals surface area (Å²) in [5.41, 5.74) is 2.35. The predicted octanol–water partition coefficient (Wildman–Crippen LogP) is 2.42. The molecule has 0 fully saturated rings. The highest BCUT2D eigenvalue weighted by Crippen LogP contribution is 2.24. The van der Waals surface area contributed by atoms with Crippen molar-refractivity contribution in [2.45, 2.75) is 17.0 Å². The minimum Gasteiger partial charge on any atom is -0.411 e. The maximum Gasteiger partial charge on any atom is 0.277 e. The number of benzene rings is 2. The van der Waals surface area contributed by atoms with Crippen molar-refractivity contribution in [2.75, 3.05) is 11.1 Å². The van der Waals surface area contributed by atoms with Crippen molar-refractivity contribution in [1.82, 2.24) is 10.2 Å². The van der Waals surface area contributed by atoms with Crippen molar-refractivity contribution in [3.8, 4) is 11.5 Å². The lowest BCUT2D eigenvalue weighted by atomic mass is 10.1. The van der Waals surface area contributed by atoms with Crippen molar-refractivity contribution in [3.63, 3.8) is 0 Å². The topological polar surface area (TPSA) is 128 Å². The molecule has 0 spiro atoms. The van der Waals surface area contributed by atoms with Crippen LogP contribution >= 0.6 is 11.8 Å². The van der Waals surface area contributed by atoms with E-state index in [1.807, 2.05) is 31.2 Å². The van der Waals surface area contributed by atoms with Crippen molar-refractivity contribution >= 4 is 33.4 Å². The molecule has 8 nitrogen and oxygen atoms in total. The van der Waals surface area contributed by atoms with Gasteiger partial charge in [-0.2, -0.15) is 0 Å². The zero-order valence-electron chi connectivity index (χ0n) is 14.2. The second-order valence-corrected chi connectivity index (χ2v) is 8.14. The minimum atomic E-state index is -3.76. The largest absolute Gasteiger partial charge is 0.411 e. The highest BCUT2D eigenvalue weighted by Gasteiger charge is 2.12. The number of anilines is 1. The van der Waals surface area contributed by atoms with Gasteiger partial charge in [-0.25, -0.2) is 13.6 Å². The second-order valence-electron chi connectivity index (χ2n) is 5.65. The lowest BCUT2D eigenvalue weighted by Crippen LogP contribution is -2.15. The van der Waals surface area contributed by atoms with E-state index in [2.05, 4.69) is 15.5 Å². The molecule has 0 aliphatic heterocycles. The molecule has 0 aliphatic rings. The van der Waals surface area contributed by atoms with Crippen LogP contribution in [0.4, 0.5) is 5.69 Å². The summed E-state index contributed by atoms with van der Waals surface area (Å²) in [4.78, 5) is 12.0. The van der Waals surface area contributed by atoms with E-state index < -0.39 is 10.0 Å². The first kappa shape index (κ1) is 19.1. The number of hydrogen-bond acceptors (Lipinski definition) is 7. The third kappa shape index (κ3) is 5.16. The molecule has 3 rings (SSSR count). The van der Waals surface area contributed by atoms with E-state index in [1.54, 1.807) is 0 Å². The zero-order chi connectivity index (χ0) is 19.4. The lowest BCUT2D eigenvalue weighted by molar-refractivity contribution is -0.113. The number of aromatic nitrogens is 2. The van der Waals surface area contributed by atoms with Gasteiger partial charge in [-0.05, 0) is 43.3 Å². The van der Waals surface area contributed by atoms with Crippen molar-refractivity contribution in [1.29, 1.82) is 0 Å². The summed E-state index contributed by atoms with van der Waals surface area (Å²) in [6.07, 6.45) is 0. The Hall–Kier alpha value is -2.69. The number of nitrogens with zero attached hydrogens (tertiary/aromatic N) is 2. The molecule has 27 heavy (non-hydrogen) atoms. The third-order valence-corrected chi connectivity index (χ3v) is 5.21. The van der Waals surface area contributed by atoms with E-state index in [0.29, 0.717) is 11.6 Å². The number of primary sulfonamides is 1. The molecule has 0 unspecified atom stereocenters. The van der Waals surface area contributed by atoms with Gasteiger partial charge in [-0.15, -0.1) is 10.2 Å². The molecule has 0 saturated carbocycles. The number of carbonyl (C=O) groups excluding carboxylic acids is 1. The Morgan fingerprint density at radius 2 is 1.93 bits per heavy atom. The van der Waals surface area contributed by atoms with Crippen LogP contribution in [-0.4, -0.2) is 30.3 Å². The number of sulfonamides is 1. The quantitative estimate of drug-likeness (QED) is 0.604. The number of thioether (sulfide) groups is 1. The van der Waals surface area contributed by atoms with Crippen LogP contribution in [0.3, 0.4) is 0 Å². The van der Waals surface area contributed by atoms with Gasteiger partial charge in [0, 0.05) is 11.3 Å². The van der Waals surface area contributed by atoms with Crippen molar-refractivity contribution in [3.05, 3.63) is 54.1 Å². The van der Waals surface area contributed by atoms with Gasteiger partial charge >= 0.3 is 0 Å². The van der Waals surface area contributed by atoms with Crippen LogP contribution in [0.2, 0.25) is 0 Å². The Bertz CT molecular complexity index is 1060. The standard InChI is InChI=1S/C17H16N4O4S2/c1-11-3-2-4-12(9-11)16-20-21-17(25-16)26-10-15(22)19-13-5-7-14(8-6-13)27(18,23)24/h2-9H,10H2,1H3,(H,19,22)(H2,18,23,24). The molecule has 0 radical (unpaired) electrons. The number of nitrogens with two attached hydrogens (primary N) is 1. The Morgan fingerprint density at radius 1 is 1.19 bits per heavy atom. The molecule has 3 aromatic rings. The average Bonchev–Trinajstić information content (AvgIpc) is 3.09. The first-order chi connectivity index (χ1) is 12.8. The summed E-state index contributed by atoms with van der Waals surface area (Å²) in [5, 5.41) is 15.9. The first-order valence-corrected chi connectivity index (χ1v) is 10.3. The van der Waals surface area contributed by atoms with Crippen LogP contribution in [0.25, 0.3) is 11.5 Å². The fourth-order valence-electron chi connectivity index (χ4n) is 2.22. The summed E-state index contributed by atoms with van der Waals surface area (Å²) in [6, 6.07) is 13.2. The van der Waals surface area contributed by atoms with Crippen molar-refractivity contribution < 1.29 is 17.6 Å².